The number of ether oxygens (including phenoxy) is 2. The number of piperidine rings is 1. The molecule has 0 amide bonds. The lowest BCUT2D eigenvalue weighted by Gasteiger charge is -2.33. The Balaban J connectivity index is 1.40. The third-order valence-electron chi connectivity index (χ3n) is 4.48. The molecule has 2 aliphatic rings. The number of likely N-dealkylation sites (tertiary alicyclic amines) is 1. The molecule has 3 heterocycles. The third-order valence-corrected chi connectivity index (χ3v) is 4.72. The molecule has 0 N–H and O–H groups in total. The maximum Gasteiger partial charge on any atom is 0.241 e. The fourth-order valence-corrected chi connectivity index (χ4v) is 3.55. The molecule has 0 spiro atoms. The summed E-state index contributed by atoms with van der Waals surface area (Å²) in [6.07, 6.45) is 2.21. The van der Waals surface area contributed by atoms with Crippen molar-refractivity contribution in [2.75, 3.05) is 26.3 Å². The molecule has 128 valence electrons. The molecule has 1 unspecified atom stereocenters. The first-order valence-electron chi connectivity index (χ1n) is 8.32. The minimum Gasteiger partial charge on any atom is -0.350 e. The van der Waals surface area contributed by atoms with Gasteiger partial charge in [0.2, 0.25) is 11.7 Å². The van der Waals surface area contributed by atoms with Crippen molar-refractivity contribution in [3.63, 3.8) is 0 Å². The number of benzene rings is 1. The van der Waals surface area contributed by atoms with E-state index in [2.05, 4.69) is 15.0 Å². The van der Waals surface area contributed by atoms with Crippen molar-refractivity contribution in [3.05, 3.63) is 35.2 Å². The molecule has 6 nitrogen and oxygen atoms in total. The maximum atomic E-state index is 6.02. The summed E-state index contributed by atoms with van der Waals surface area (Å²) in [5.74, 6) is 1.61. The topological polar surface area (TPSA) is 60.6 Å². The summed E-state index contributed by atoms with van der Waals surface area (Å²) in [4.78, 5) is 6.83. The minimum absolute atomic E-state index is 0.0579. The molecule has 0 radical (unpaired) electrons. The van der Waals surface area contributed by atoms with Crippen LogP contribution in [-0.2, 0) is 16.0 Å². The van der Waals surface area contributed by atoms with Gasteiger partial charge in [-0.2, -0.15) is 4.98 Å². The summed E-state index contributed by atoms with van der Waals surface area (Å²) in [6.45, 7) is 4.01. The Bertz CT molecular complexity index is 687. The molecule has 4 rings (SSSR count). The van der Waals surface area contributed by atoms with Gasteiger partial charge in [0.15, 0.2) is 6.29 Å². The van der Waals surface area contributed by atoms with Gasteiger partial charge in [0.25, 0.3) is 0 Å². The Kier molecular flexibility index (Phi) is 4.80. The predicted molar refractivity (Wildman–Crippen MR) is 88.4 cm³/mol. The van der Waals surface area contributed by atoms with Crippen LogP contribution < -0.4 is 0 Å². The Morgan fingerprint density at radius 3 is 2.96 bits per heavy atom. The smallest absolute Gasteiger partial charge is 0.241 e. The van der Waals surface area contributed by atoms with E-state index in [9.17, 15) is 0 Å². The predicted octanol–water partition coefficient (Wildman–Crippen LogP) is 2.97. The van der Waals surface area contributed by atoms with E-state index in [0.29, 0.717) is 42.4 Å². The van der Waals surface area contributed by atoms with Gasteiger partial charge < -0.3 is 14.0 Å². The van der Waals surface area contributed by atoms with Crippen LogP contribution in [0.1, 0.15) is 18.7 Å². The van der Waals surface area contributed by atoms with Gasteiger partial charge in [-0.25, -0.2) is 0 Å². The van der Waals surface area contributed by atoms with Crippen LogP contribution in [0.15, 0.2) is 28.8 Å². The second-order valence-electron chi connectivity index (χ2n) is 6.27. The molecule has 2 fully saturated rings. The zero-order chi connectivity index (χ0) is 16.4. The Morgan fingerprint density at radius 2 is 2.12 bits per heavy atom. The number of hydrogen-bond acceptors (Lipinski definition) is 6. The molecule has 24 heavy (non-hydrogen) atoms. The average Bonchev–Trinajstić information content (AvgIpc) is 3.27. The highest BCUT2D eigenvalue weighted by Crippen LogP contribution is 2.26. The fourth-order valence-electron chi connectivity index (χ4n) is 3.36. The lowest BCUT2D eigenvalue weighted by molar-refractivity contribution is -0.101. The van der Waals surface area contributed by atoms with Crippen LogP contribution in [0, 0.1) is 5.92 Å². The van der Waals surface area contributed by atoms with Gasteiger partial charge in [0.05, 0.1) is 19.8 Å². The molecular formula is C17H20ClN3O3. The molecule has 0 saturated carbocycles. The number of nitrogens with zero attached hydrogens (tertiary/aromatic N) is 3. The van der Waals surface area contributed by atoms with Crippen molar-refractivity contribution in [2.24, 2.45) is 5.92 Å². The molecule has 1 aromatic carbocycles. The fraction of sp³-hybridized carbons (Fsp3) is 0.529. The Labute approximate surface area is 145 Å². The summed E-state index contributed by atoms with van der Waals surface area (Å²) in [5, 5.41) is 4.73. The van der Waals surface area contributed by atoms with Gasteiger partial charge in [-0.3, -0.25) is 4.90 Å². The van der Waals surface area contributed by atoms with Crippen LogP contribution in [0.3, 0.4) is 0 Å². The SMILES string of the molecule is Clc1cccc(-c2noc(CN3CCCC(C4OCCO4)C3)n2)c1. The monoisotopic (exact) mass is 349 g/mol. The standard InChI is InChI=1S/C17H20ClN3O3/c18-14-5-1-3-12(9-14)16-19-15(24-20-16)11-21-6-2-4-13(10-21)17-22-7-8-23-17/h1,3,5,9,13,17H,2,4,6-8,10-11H2. The normalized spacial score (nSPS) is 23.0. The van der Waals surface area contributed by atoms with Crippen molar-refractivity contribution in [2.45, 2.75) is 25.7 Å². The molecule has 2 saturated heterocycles. The maximum absolute atomic E-state index is 6.02. The summed E-state index contributed by atoms with van der Waals surface area (Å²) in [5.41, 5.74) is 0.863. The molecule has 0 bridgehead atoms. The van der Waals surface area contributed by atoms with Crippen molar-refractivity contribution in [3.8, 4) is 11.4 Å². The lowest BCUT2D eigenvalue weighted by atomic mass is 9.97. The minimum atomic E-state index is -0.0579. The molecule has 2 aliphatic heterocycles. The summed E-state index contributed by atoms with van der Waals surface area (Å²) in [7, 11) is 0. The molecule has 7 heteroatoms. The zero-order valence-electron chi connectivity index (χ0n) is 13.4. The summed E-state index contributed by atoms with van der Waals surface area (Å²) in [6, 6.07) is 7.46. The van der Waals surface area contributed by atoms with Gasteiger partial charge in [0, 0.05) is 23.0 Å². The molecule has 2 aromatic rings. The molecule has 1 aromatic heterocycles. The first kappa shape index (κ1) is 16.0. The Hall–Kier alpha value is -1.47. The van der Waals surface area contributed by atoms with Crippen molar-refractivity contribution in [1.29, 1.82) is 0 Å². The molecule has 1 atom stereocenters. The van der Waals surface area contributed by atoms with Gasteiger partial charge >= 0.3 is 0 Å². The van der Waals surface area contributed by atoms with Crippen LogP contribution in [0.4, 0.5) is 0 Å². The summed E-state index contributed by atoms with van der Waals surface area (Å²) >= 11 is 6.02. The zero-order valence-corrected chi connectivity index (χ0v) is 14.1. The third kappa shape index (κ3) is 3.62. The van der Waals surface area contributed by atoms with E-state index >= 15 is 0 Å². The highest BCUT2D eigenvalue weighted by Gasteiger charge is 2.31. The lowest BCUT2D eigenvalue weighted by Crippen LogP contribution is -2.40. The first-order valence-corrected chi connectivity index (χ1v) is 8.70. The van der Waals surface area contributed by atoms with Gasteiger partial charge in [0.1, 0.15) is 0 Å². The van der Waals surface area contributed by atoms with Crippen LogP contribution in [0.25, 0.3) is 11.4 Å². The van der Waals surface area contributed by atoms with E-state index in [1.807, 2.05) is 24.3 Å². The van der Waals surface area contributed by atoms with Crippen LogP contribution in [0.5, 0.6) is 0 Å². The van der Waals surface area contributed by atoms with E-state index in [0.717, 1.165) is 31.5 Å². The van der Waals surface area contributed by atoms with Gasteiger partial charge in [-0.05, 0) is 31.5 Å². The number of rotatable bonds is 4. The first-order chi connectivity index (χ1) is 11.8. The average molecular weight is 350 g/mol. The van der Waals surface area contributed by atoms with Crippen LogP contribution in [-0.4, -0.2) is 47.6 Å². The van der Waals surface area contributed by atoms with E-state index < -0.39 is 0 Å². The highest BCUT2D eigenvalue weighted by molar-refractivity contribution is 6.30. The van der Waals surface area contributed by atoms with Crippen LogP contribution in [0.2, 0.25) is 5.02 Å². The molecule has 0 aliphatic carbocycles. The number of hydrogen-bond donors (Lipinski definition) is 0. The number of aromatic nitrogens is 2. The second-order valence-corrected chi connectivity index (χ2v) is 6.71. The van der Waals surface area contributed by atoms with Crippen molar-refractivity contribution in [1.82, 2.24) is 15.0 Å². The summed E-state index contributed by atoms with van der Waals surface area (Å²) < 4.78 is 16.7. The quantitative estimate of drug-likeness (QED) is 0.845. The second kappa shape index (κ2) is 7.19. The van der Waals surface area contributed by atoms with Gasteiger partial charge in [-0.15, -0.1) is 0 Å². The van der Waals surface area contributed by atoms with E-state index in [1.54, 1.807) is 0 Å². The van der Waals surface area contributed by atoms with Crippen LogP contribution >= 0.6 is 11.6 Å². The van der Waals surface area contributed by atoms with E-state index in [4.69, 9.17) is 25.6 Å². The van der Waals surface area contributed by atoms with Crippen molar-refractivity contribution >= 4 is 11.6 Å². The number of halogens is 1. The van der Waals surface area contributed by atoms with Gasteiger partial charge in [-0.1, -0.05) is 28.9 Å². The van der Waals surface area contributed by atoms with Crippen molar-refractivity contribution < 1.29 is 14.0 Å². The molecular weight excluding hydrogens is 330 g/mol. The van der Waals surface area contributed by atoms with E-state index in [-0.39, 0.29) is 6.29 Å². The largest absolute Gasteiger partial charge is 0.350 e. The van der Waals surface area contributed by atoms with E-state index in [1.165, 1.54) is 0 Å². The Morgan fingerprint density at radius 1 is 1.25 bits per heavy atom. The highest BCUT2D eigenvalue weighted by atomic mass is 35.5.